The van der Waals surface area contributed by atoms with E-state index in [4.69, 9.17) is 5.73 Å². The second kappa shape index (κ2) is 4.91. The number of rotatable bonds is 4. The summed E-state index contributed by atoms with van der Waals surface area (Å²) in [5, 5.41) is 0.421. The number of primary amides is 1. The van der Waals surface area contributed by atoms with Crippen LogP contribution in [-0.4, -0.2) is 20.6 Å². The summed E-state index contributed by atoms with van der Waals surface area (Å²) in [6, 6.07) is 1.46. The average Bonchev–Trinajstić information content (AvgIpc) is 2.15. The normalized spacial score (nSPS) is 11.8. The van der Waals surface area contributed by atoms with E-state index in [-0.39, 0.29) is 11.5 Å². The molecule has 3 N–H and O–H groups in total. The Kier molecular flexibility index (Phi) is 3.98. The number of amides is 1. The van der Waals surface area contributed by atoms with Crippen LogP contribution in [0.5, 0.6) is 0 Å². The van der Waals surface area contributed by atoms with Gasteiger partial charge in [0.2, 0.25) is 5.91 Å². The van der Waals surface area contributed by atoms with Gasteiger partial charge in [0.25, 0.3) is 5.56 Å². The smallest absolute Gasteiger partial charge is 0.251 e. The molecule has 1 heterocycles. The van der Waals surface area contributed by atoms with Crippen molar-refractivity contribution in [1.82, 2.24) is 9.97 Å². The van der Waals surface area contributed by atoms with Crippen LogP contribution in [-0.2, 0) is 4.79 Å². The number of thioether (sulfide) groups is 1. The number of nitrogens with zero attached hydrogens (tertiary/aromatic N) is 1. The molecule has 0 spiro atoms. The van der Waals surface area contributed by atoms with Crippen molar-refractivity contribution in [1.29, 1.82) is 0 Å². The third-order valence-corrected chi connectivity index (χ3v) is 3.37. The van der Waals surface area contributed by atoms with Gasteiger partial charge in [-0.15, -0.1) is 0 Å². The number of hydrogen-bond donors (Lipinski definition) is 2. The Morgan fingerprint density at radius 3 is 2.59 bits per heavy atom. The van der Waals surface area contributed by atoms with E-state index >= 15 is 0 Å². The molecule has 1 aromatic heterocycles. The Balaban J connectivity index is 3.08. The van der Waals surface area contributed by atoms with E-state index in [0.29, 0.717) is 10.9 Å². The van der Waals surface area contributed by atoms with Crippen molar-refractivity contribution < 1.29 is 4.79 Å². The average molecular weight is 255 g/mol. The molecule has 0 aliphatic carbocycles. The number of carbonyl (C=O) groups is 1. The zero-order valence-electron chi connectivity index (χ0n) is 10.4. The van der Waals surface area contributed by atoms with Gasteiger partial charge in [-0.1, -0.05) is 25.6 Å². The molecule has 0 bridgehead atoms. The molecule has 6 heteroatoms. The van der Waals surface area contributed by atoms with Crippen LogP contribution in [0.25, 0.3) is 0 Å². The minimum absolute atomic E-state index is 0.161. The fourth-order valence-corrected chi connectivity index (χ4v) is 1.98. The lowest BCUT2D eigenvalue weighted by atomic mass is 10.1. The summed E-state index contributed by atoms with van der Waals surface area (Å²) in [5.74, 6) is -0.284. The highest BCUT2D eigenvalue weighted by atomic mass is 32.2. The SMILES string of the molecule is CC(C)c1cc(=O)[nH]c(SC(C)(C)C(N)=O)n1. The van der Waals surface area contributed by atoms with Crippen molar-refractivity contribution in [3.8, 4) is 0 Å². The highest BCUT2D eigenvalue weighted by Crippen LogP contribution is 2.29. The second-order valence-electron chi connectivity index (χ2n) is 4.61. The lowest BCUT2D eigenvalue weighted by Gasteiger charge is -2.18. The molecule has 1 amide bonds. The van der Waals surface area contributed by atoms with Crippen molar-refractivity contribution in [2.24, 2.45) is 5.73 Å². The molecule has 0 radical (unpaired) electrons. The molecule has 0 aliphatic heterocycles. The molecular weight excluding hydrogens is 238 g/mol. The van der Waals surface area contributed by atoms with Crippen molar-refractivity contribution in [3.63, 3.8) is 0 Å². The Morgan fingerprint density at radius 1 is 1.53 bits per heavy atom. The van der Waals surface area contributed by atoms with Gasteiger partial charge in [0, 0.05) is 6.07 Å². The van der Waals surface area contributed by atoms with E-state index in [1.165, 1.54) is 6.07 Å². The van der Waals surface area contributed by atoms with Gasteiger partial charge in [-0.2, -0.15) is 0 Å². The Bertz CT molecular complexity index is 480. The van der Waals surface area contributed by atoms with Crippen LogP contribution >= 0.6 is 11.8 Å². The summed E-state index contributed by atoms with van der Waals surface area (Å²) in [5.41, 5.74) is 5.76. The van der Waals surface area contributed by atoms with E-state index in [2.05, 4.69) is 9.97 Å². The first-order valence-electron chi connectivity index (χ1n) is 5.32. The largest absolute Gasteiger partial charge is 0.368 e. The summed E-state index contributed by atoms with van der Waals surface area (Å²) in [6.07, 6.45) is 0. The van der Waals surface area contributed by atoms with Gasteiger partial charge in [0.05, 0.1) is 10.4 Å². The molecule has 0 saturated heterocycles. The predicted molar refractivity (Wildman–Crippen MR) is 68.1 cm³/mol. The summed E-state index contributed by atoms with van der Waals surface area (Å²) in [4.78, 5) is 29.6. The minimum Gasteiger partial charge on any atom is -0.368 e. The Morgan fingerprint density at radius 2 is 2.12 bits per heavy atom. The number of nitrogens with one attached hydrogen (secondary N) is 1. The number of aromatic nitrogens is 2. The quantitative estimate of drug-likeness (QED) is 0.626. The monoisotopic (exact) mass is 255 g/mol. The van der Waals surface area contributed by atoms with Crippen LogP contribution in [0.3, 0.4) is 0 Å². The van der Waals surface area contributed by atoms with Crippen molar-refractivity contribution in [2.45, 2.75) is 43.5 Å². The van der Waals surface area contributed by atoms with Gasteiger partial charge >= 0.3 is 0 Å². The number of nitrogens with two attached hydrogens (primary N) is 1. The maximum Gasteiger partial charge on any atom is 0.251 e. The predicted octanol–water partition coefficient (Wildman–Crippen LogP) is 1.25. The summed E-state index contributed by atoms with van der Waals surface area (Å²) in [6.45, 7) is 7.30. The first kappa shape index (κ1) is 13.8. The van der Waals surface area contributed by atoms with Gasteiger partial charge in [-0.25, -0.2) is 4.98 Å². The third-order valence-electron chi connectivity index (χ3n) is 2.28. The van der Waals surface area contributed by atoms with E-state index < -0.39 is 10.7 Å². The van der Waals surface area contributed by atoms with E-state index in [1.54, 1.807) is 13.8 Å². The number of H-pyrrole nitrogens is 1. The fourth-order valence-electron chi connectivity index (χ4n) is 1.09. The van der Waals surface area contributed by atoms with Crippen molar-refractivity contribution in [2.75, 3.05) is 0 Å². The molecular formula is C11H17N3O2S. The summed E-state index contributed by atoms with van der Waals surface area (Å²) in [7, 11) is 0. The topological polar surface area (TPSA) is 88.8 Å². The van der Waals surface area contributed by atoms with E-state index in [0.717, 1.165) is 11.8 Å². The summed E-state index contributed by atoms with van der Waals surface area (Å²) < 4.78 is -0.800. The highest BCUT2D eigenvalue weighted by Gasteiger charge is 2.27. The molecule has 0 fully saturated rings. The Hall–Kier alpha value is -1.30. The van der Waals surface area contributed by atoms with Crippen LogP contribution < -0.4 is 11.3 Å². The highest BCUT2D eigenvalue weighted by molar-refractivity contribution is 8.01. The van der Waals surface area contributed by atoms with Gasteiger partial charge in [-0.05, 0) is 19.8 Å². The second-order valence-corrected chi connectivity index (χ2v) is 6.22. The first-order chi connectivity index (χ1) is 7.72. The van der Waals surface area contributed by atoms with Crippen molar-refractivity contribution >= 4 is 17.7 Å². The maximum atomic E-state index is 11.4. The molecule has 1 rings (SSSR count). The fraction of sp³-hybridized carbons (Fsp3) is 0.545. The molecule has 0 unspecified atom stereocenters. The first-order valence-corrected chi connectivity index (χ1v) is 6.14. The molecule has 5 nitrogen and oxygen atoms in total. The van der Waals surface area contributed by atoms with Crippen LogP contribution in [0.4, 0.5) is 0 Å². The molecule has 1 aromatic rings. The van der Waals surface area contributed by atoms with Crippen LogP contribution in [0.1, 0.15) is 39.3 Å². The Labute approximate surface area is 104 Å². The van der Waals surface area contributed by atoms with Gasteiger partial charge in [-0.3, -0.25) is 9.59 Å². The standard InChI is InChI=1S/C11H17N3O2S/c1-6(2)7-5-8(15)14-10(13-7)17-11(3,4)9(12)16/h5-6H,1-4H3,(H2,12,16)(H,13,14,15). The van der Waals surface area contributed by atoms with Gasteiger partial charge < -0.3 is 10.7 Å². The van der Waals surface area contributed by atoms with Crippen LogP contribution in [0.15, 0.2) is 16.0 Å². The molecule has 0 saturated carbocycles. The molecule has 94 valence electrons. The van der Waals surface area contributed by atoms with Gasteiger partial charge in [0.15, 0.2) is 5.16 Å². The number of hydrogen-bond acceptors (Lipinski definition) is 4. The van der Waals surface area contributed by atoms with Crippen LogP contribution in [0, 0.1) is 0 Å². The molecule has 0 atom stereocenters. The zero-order valence-corrected chi connectivity index (χ0v) is 11.2. The molecule has 0 aliphatic rings. The zero-order chi connectivity index (χ0) is 13.2. The molecule has 17 heavy (non-hydrogen) atoms. The lowest BCUT2D eigenvalue weighted by molar-refractivity contribution is -0.119. The minimum atomic E-state index is -0.800. The van der Waals surface area contributed by atoms with E-state index in [9.17, 15) is 9.59 Å². The number of carbonyl (C=O) groups excluding carboxylic acids is 1. The van der Waals surface area contributed by atoms with Crippen LogP contribution in [0.2, 0.25) is 0 Å². The number of aromatic amines is 1. The molecule has 0 aromatic carbocycles. The third kappa shape index (κ3) is 3.59. The van der Waals surface area contributed by atoms with Gasteiger partial charge in [0.1, 0.15) is 0 Å². The maximum absolute atomic E-state index is 11.4. The summed E-state index contributed by atoms with van der Waals surface area (Å²) >= 11 is 1.16. The van der Waals surface area contributed by atoms with E-state index in [1.807, 2.05) is 13.8 Å². The van der Waals surface area contributed by atoms with Crippen molar-refractivity contribution in [3.05, 3.63) is 22.1 Å². The lowest BCUT2D eigenvalue weighted by Crippen LogP contribution is -2.35.